The number of carbonyl (C=O) groups is 3. The maximum atomic E-state index is 13.1. The van der Waals surface area contributed by atoms with E-state index in [0.717, 1.165) is 84.7 Å². The summed E-state index contributed by atoms with van der Waals surface area (Å²) in [6.45, 7) is 13.0. The molecule has 3 amide bonds. The number of carbonyl (C=O) groups excluding carboxylic acids is 3. The Morgan fingerprint density at radius 1 is 0.757 bits per heavy atom. The number of hydrogen-bond donors (Lipinski definition) is 4. The molecule has 0 bridgehead atoms. The van der Waals surface area contributed by atoms with Crippen molar-refractivity contribution in [1.29, 1.82) is 0 Å². The van der Waals surface area contributed by atoms with E-state index in [1.165, 1.54) is 11.3 Å². The van der Waals surface area contributed by atoms with Crippen molar-refractivity contribution >= 4 is 68.4 Å². The van der Waals surface area contributed by atoms with Gasteiger partial charge < -0.3 is 54.0 Å². The van der Waals surface area contributed by atoms with Gasteiger partial charge in [-0.05, 0) is 68.7 Å². The van der Waals surface area contributed by atoms with E-state index in [9.17, 15) is 14.4 Å². The molecular formula is C49H68N12O8S. The fourth-order valence-corrected chi connectivity index (χ4v) is 8.96. The molecule has 21 heteroatoms. The van der Waals surface area contributed by atoms with E-state index in [0.29, 0.717) is 114 Å². The van der Waals surface area contributed by atoms with Gasteiger partial charge in [0.25, 0.3) is 11.8 Å². The fraction of sp³-hybridized carbons (Fsp3) is 0.531. The summed E-state index contributed by atoms with van der Waals surface area (Å²) in [6, 6.07) is 11.7. The van der Waals surface area contributed by atoms with Crippen molar-refractivity contribution in [3.05, 3.63) is 76.7 Å². The van der Waals surface area contributed by atoms with Crippen molar-refractivity contribution in [2.45, 2.75) is 45.6 Å². The number of amides is 3. The van der Waals surface area contributed by atoms with Gasteiger partial charge in [0.2, 0.25) is 11.9 Å². The molecule has 0 atom stereocenters. The lowest BCUT2D eigenvalue weighted by Gasteiger charge is -2.35. The summed E-state index contributed by atoms with van der Waals surface area (Å²) >= 11 is 1.45. The third-order valence-corrected chi connectivity index (χ3v) is 12.8. The van der Waals surface area contributed by atoms with Crippen LogP contribution < -0.4 is 26.2 Å². The number of piperazine rings is 1. The summed E-state index contributed by atoms with van der Waals surface area (Å²) in [5.41, 5.74) is 4.82. The summed E-state index contributed by atoms with van der Waals surface area (Å²) in [7, 11) is 3.54. The van der Waals surface area contributed by atoms with Crippen LogP contribution >= 0.6 is 11.3 Å². The zero-order valence-corrected chi connectivity index (χ0v) is 41.7. The van der Waals surface area contributed by atoms with Crippen LogP contribution in [0.15, 0.2) is 55.0 Å². The zero-order chi connectivity index (χ0) is 49.1. The Bertz CT molecular complexity index is 2440. The number of fused-ring (bicyclic) bond motifs is 1. The van der Waals surface area contributed by atoms with E-state index >= 15 is 0 Å². The van der Waals surface area contributed by atoms with Crippen molar-refractivity contribution < 1.29 is 38.1 Å². The van der Waals surface area contributed by atoms with Crippen LogP contribution in [-0.2, 0) is 28.5 Å². The van der Waals surface area contributed by atoms with Crippen LogP contribution in [0.5, 0.6) is 0 Å². The molecule has 1 aliphatic heterocycles. The first-order chi connectivity index (χ1) is 34.1. The Labute approximate surface area is 413 Å². The minimum Gasteiger partial charge on any atom is -0.383 e. The highest BCUT2D eigenvalue weighted by molar-refractivity contribution is 7.15. The number of thiazole rings is 1. The highest BCUT2D eigenvalue weighted by Crippen LogP contribution is 2.35. The van der Waals surface area contributed by atoms with Crippen LogP contribution in [0.3, 0.4) is 0 Å². The van der Waals surface area contributed by atoms with E-state index in [2.05, 4.69) is 50.6 Å². The van der Waals surface area contributed by atoms with Gasteiger partial charge in [0.15, 0.2) is 5.13 Å². The molecule has 4 aromatic heterocycles. The van der Waals surface area contributed by atoms with Gasteiger partial charge in [-0.1, -0.05) is 12.8 Å². The Hall–Kier alpha value is -5.81. The zero-order valence-electron chi connectivity index (χ0n) is 40.9. The molecule has 0 spiro atoms. The summed E-state index contributed by atoms with van der Waals surface area (Å²) < 4.78 is 30.1. The molecule has 378 valence electrons. The number of anilines is 5. The molecule has 0 unspecified atom stereocenters. The summed E-state index contributed by atoms with van der Waals surface area (Å²) in [5.74, 6) is 0.831. The monoisotopic (exact) mass is 985 g/mol. The topological polar surface area (TPSA) is 212 Å². The number of aromatic nitrogens is 5. The minimum absolute atomic E-state index is 0.0236. The number of benzene rings is 1. The largest absolute Gasteiger partial charge is 0.383 e. The molecule has 4 N–H and O–H groups in total. The normalized spacial score (nSPS) is 14.3. The predicted octanol–water partition coefficient (Wildman–Crippen LogP) is 5.15. The van der Waals surface area contributed by atoms with Crippen molar-refractivity contribution in [2.24, 2.45) is 0 Å². The molecule has 2 aliphatic rings. The highest BCUT2D eigenvalue weighted by Gasteiger charge is 2.27. The Morgan fingerprint density at radius 3 is 2.04 bits per heavy atom. The minimum atomic E-state index is -0.171. The lowest BCUT2D eigenvalue weighted by atomic mass is 10.1. The molecule has 1 aromatic carbocycles. The molecular weight excluding hydrogens is 917 g/mol. The Kier molecular flexibility index (Phi) is 20.0. The standard InChI is InChI=1S/C49H68N12O8S/c1-35-29-38(9-11-41(35)46(63)57-49-54-31-36(2)70-49)50-13-19-65-21-23-67-25-27-69-28-26-68-24-22-66-20-14-51-44(62)34-59-15-17-60(18-16-59)40-10-12-43(52-33-40)55-48-53-32-37-30-42(47(64)58(3)4)61(45(37)56-48)39-7-5-6-8-39/h9-12,29-33,39,50H,5-8,13-28,34H2,1-4H3,(H,51,62)(H,54,57,63)(H,52,53,55,56). The fourth-order valence-electron chi connectivity index (χ4n) is 8.30. The second kappa shape index (κ2) is 27.0. The smallest absolute Gasteiger partial charge is 0.270 e. The van der Waals surface area contributed by atoms with Gasteiger partial charge in [0, 0.05) is 93.3 Å². The van der Waals surface area contributed by atoms with E-state index in [-0.39, 0.29) is 23.8 Å². The third kappa shape index (κ3) is 15.6. The first-order valence-corrected chi connectivity index (χ1v) is 25.0. The molecule has 70 heavy (non-hydrogen) atoms. The van der Waals surface area contributed by atoms with Crippen LogP contribution in [0.2, 0.25) is 0 Å². The van der Waals surface area contributed by atoms with E-state index in [1.807, 2.05) is 56.4 Å². The quantitative estimate of drug-likeness (QED) is 0.0478. The molecule has 7 rings (SSSR count). The predicted molar refractivity (Wildman–Crippen MR) is 271 cm³/mol. The molecule has 2 fully saturated rings. The molecule has 0 radical (unpaired) electrons. The van der Waals surface area contributed by atoms with Gasteiger partial charge in [-0.15, -0.1) is 11.3 Å². The lowest BCUT2D eigenvalue weighted by Crippen LogP contribution is -2.49. The van der Waals surface area contributed by atoms with Crippen molar-refractivity contribution in [3.63, 3.8) is 0 Å². The third-order valence-electron chi connectivity index (χ3n) is 11.9. The number of hydrogen-bond acceptors (Lipinski definition) is 17. The maximum Gasteiger partial charge on any atom is 0.270 e. The summed E-state index contributed by atoms with van der Waals surface area (Å²) in [6.07, 6.45) is 9.69. The maximum absolute atomic E-state index is 13.1. The Morgan fingerprint density at radius 2 is 1.43 bits per heavy atom. The second-order valence-electron chi connectivity index (χ2n) is 17.4. The van der Waals surface area contributed by atoms with Crippen LogP contribution in [0.1, 0.15) is 63.0 Å². The van der Waals surface area contributed by atoms with E-state index in [1.54, 1.807) is 31.4 Å². The summed E-state index contributed by atoms with van der Waals surface area (Å²) in [4.78, 5) is 63.6. The number of nitrogens with zero attached hydrogens (tertiary/aromatic N) is 8. The summed E-state index contributed by atoms with van der Waals surface area (Å²) in [5, 5.41) is 13.8. The average Bonchev–Trinajstić information content (AvgIpc) is 4.13. The van der Waals surface area contributed by atoms with E-state index in [4.69, 9.17) is 28.7 Å². The average molecular weight is 985 g/mol. The SMILES string of the molecule is Cc1cnc(NC(=O)c2ccc(NCCOCCOCCOCCOCCOCCNC(=O)CN3CCN(c4ccc(Nc5ncc6cc(C(=O)N(C)C)n(C7CCCC7)c6n5)nc4)CC3)cc2C)s1. The van der Waals surface area contributed by atoms with Crippen LogP contribution in [0, 0.1) is 13.8 Å². The van der Waals surface area contributed by atoms with Gasteiger partial charge in [0.05, 0.1) is 84.5 Å². The molecule has 1 aliphatic carbocycles. The second-order valence-corrected chi connectivity index (χ2v) is 18.6. The van der Waals surface area contributed by atoms with Crippen molar-refractivity contribution in [3.8, 4) is 0 Å². The van der Waals surface area contributed by atoms with Crippen molar-refractivity contribution in [1.82, 2.24) is 39.6 Å². The first-order valence-electron chi connectivity index (χ1n) is 24.1. The molecule has 5 aromatic rings. The van der Waals surface area contributed by atoms with Crippen molar-refractivity contribution in [2.75, 3.05) is 147 Å². The van der Waals surface area contributed by atoms with Gasteiger partial charge >= 0.3 is 0 Å². The number of rotatable bonds is 28. The molecule has 20 nitrogen and oxygen atoms in total. The number of ether oxygens (including phenoxy) is 5. The molecule has 1 saturated carbocycles. The first kappa shape index (κ1) is 52.0. The highest BCUT2D eigenvalue weighted by atomic mass is 32.1. The number of nitrogens with one attached hydrogen (secondary N) is 4. The van der Waals surface area contributed by atoms with Crippen LogP contribution in [0.4, 0.5) is 28.3 Å². The Balaban J connectivity index is 0.651. The molecule has 1 saturated heterocycles. The number of aryl methyl sites for hydroxylation is 2. The number of pyridine rings is 1. The van der Waals surface area contributed by atoms with E-state index < -0.39 is 0 Å². The van der Waals surface area contributed by atoms with Gasteiger partial charge in [-0.2, -0.15) is 4.98 Å². The van der Waals surface area contributed by atoms with Gasteiger partial charge in [0.1, 0.15) is 17.2 Å². The lowest BCUT2D eigenvalue weighted by molar-refractivity contribution is -0.122. The van der Waals surface area contributed by atoms with Crippen LogP contribution in [-0.4, -0.2) is 178 Å². The molecule has 5 heterocycles. The van der Waals surface area contributed by atoms with Crippen LogP contribution in [0.25, 0.3) is 11.0 Å². The van der Waals surface area contributed by atoms with Gasteiger partial charge in [-0.3, -0.25) is 24.6 Å². The van der Waals surface area contributed by atoms with Gasteiger partial charge in [-0.25, -0.2) is 15.0 Å².